The van der Waals surface area contributed by atoms with Crippen LogP contribution in [-0.2, 0) is 4.74 Å². The average Bonchev–Trinajstić information content (AvgIpc) is 3.25. The first-order chi connectivity index (χ1) is 18.8. The van der Waals surface area contributed by atoms with Crippen LogP contribution in [0.3, 0.4) is 0 Å². The lowest BCUT2D eigenvalue weighted by atomic mass is 9.33. The second-order valence-corrected chi connectivity index (χ2v) is 15.9. The number of hydrogen-bond acceptors (Lipinski definition) is 3. The fourth-order valence-electron chi connectivity index (χ4n) is 12.3. The summed E-state index contributed by atoms with van der Waals surface area (Å²) in [5.41, 5.74) is 12.6. The van der Waals surface area contributed by atoms with Crippen LogP contribution in [0.15, 0.2) is 42.5 Å². The fourth-order valence-corrected chi connectivity index (χ4v) is 12.3. The zero-order valence-corrected chi connectivity index (χ0v) is 26.2. The van der Waals surface area contributed by atoms with Crippen molar-refractivity contribution in [3.05, 3.63) is 53.6 Å². The molecule has 0 saturated heterocycles. The summed E-state index contributed by atoms with van der Waals surface area (Å²) >= 11 is 0. The molecule has 4 saturated carbocycles. The predicted molar refractivity (Wildman–Crippen MR) is 165 cm³/mol. The number of carbonyl (C=O) groups excluding carboxylic acids is 1. The van der Waals surface area contributed by atoms with Gasteiger partial charge >= 0.3 is 5.97 Å². The topological polar surface area (TPSA) is 52.3 Å². The molecule has 5 aliphatic carbocycles. The molecule has 0 radical (unpaired) electrons. The van der Waals surface area contributed by atoms with E-state index in [4.69, 9.17) is 10.5 Å². The lowest BCUT2D eigenvalue weighted by Crippen LogP contribution is -2.64. The van der Waals surface area contributed by atoms with Crippen molar-refractivity contribution in [2.75, 3.05) is 7.11 Å². The van der Waals surface area contributed by atoms with Crippen molar-refractivity contribution in [2.24, 2.45) is 62.9 Å². The summed E-state index contributed by atoms with van der Waals surface area (Å²) < 4.78 is 4.93. The molecule has 4 fully saturated rings. The first-order valence-corrected chi connectivity index (χ1v) is 16.1. The second kappa shape index (κ2) is 9.32. The molecular weight excluding hydrogens is 490 g/mol. The average molecular weight is 544 g/mol. The first-order valence-electron chi connectivity index (χ1n) is 16.1. The molecule has 0 bridgehead atoms. The number of ether oxygens (including phenoxy) is 1. The SMILES string of the molecule is C=C(C)[C@@H]1CC(N)[C@H]2CC[C@]3(C)[C@H](CC[C@@H]4[C@@]5(C)CC=C(c6ccc(C(=O)OC)cc6)C(C)(C)[C@@H]5CC[C@]43C)[C@H]21. The summed E-state index contributed by atoms with van der Waals surface area (Å²) in [4.78, 5) is 12.0. The highest BCUT2D eigenvalue weighted by Gasteiger charge is 2.68. The molecule has 0 aromatic heterocycles. The van der Waals surface area contributed by atoms with E-state index in [2.05, 4.69) is 66.3 Å². The Morgan fingerprint density at radius 2 is 1.62 bits per heavy atom. The van der Waals surface area contributed by atoms with Gasteiger partial charge in [0.1, 0.15) is 0 Å². The Bertz CT molecular complexity index is 1230. The summed E-state index contributed by atoms with van der Waals surface area (Å²) in [5.74, 6) is 3.94. The van der Waals surface area contributed by atoms with Crippen LogP contribution in [0.25, 0.3) is 5.57 Å². The quantitative estimate of drug-likeness (QED) is 0.306. The zero-order valence-electron chi connectivity index (χ0n) is 26.2. The smallest absolute Gasteiger partial charge is 0.337 e. The predicted octanol–water partition coefficient (Wildman–Crippen LogP) is 8.69. The minimum atomic E-state index is -0.269. The number of benzene rings is 1. The Morgan fingerprint density at radius 3 is 2.27 bits per heavy atom. The standard InChI is InChI=1S/C37H53NO2/c1-22(2)26-21-29(38)25-15-19-36(6)28(32(25)26)13-14-31-35(5)18-16-27(23-9-11-24(12-10-23)33(39)40-8)34(3,4)30(35)17-20-37(31,36)7/h9-12,16,25-26,28-32H,1,13-15,17-21,38H2,2-8H3/t25-,26+,28-,29?,30+,31-,32-,35+,36-,37-/m1/s1. The number of methoxy groups -OCH3 is 1. The molecule has 5 aliphatic rings. The highest BCUT2D eigenvalue weighted by molar-refractivity contribution is 5.89. The third-order valence-corrected chi connectivity index (χ3v) is 14.3. The van der Waals surface area contributed by atoms with Crippen LogP contribution in [0, 0.1) is 57.2 Å². The van der Waals surface area contributed by atoms with Crippen molar-refractivity contribution in [1.29, 1.82) is 0 Å². The Labute approximate surface area is 243 Å². The van der Waals surface area contributed by atoms with Gasteiger partial charge in [0.2, 0.25) is 0 Å². The van der Waals surface area contributed by atoms with Crippen LogP contribution in [0.5, 0.6) is 0 Å². The number of rotatable bonds is 3. The number of esters is 1. The summed E-state index contributed by atoms with van der Waals surface area (Å²) in [6.07, 6.45) is 12.9. The summed E-state index contributed by atoms with van der Waals surface area (Å²) in [6.45, 7) is 19.8. The van der Waals surface area contributed by atoms with Gasteiger partial charge in [0.25, 0.3) is 0 Å². The van der Waals surface area contributed by atoms with Gasteiger partial charge in [0.05, 0.1) is 12.7 Å². The zero-order chi connectivity index (χ0) is 28.8. The van der Waals surface area contributed by atoms with E-state index in [1.165, 1.54) is 62.3 Å². The van der Waals surface area contributed by atoms with E-state index in [1.54, 1.807) is 0 Å². The minimum absolute atomic E-state index is 0.0831. The lowest BCUT2D eigenvalue weighted by Gasteiger charge is -2.71. The van der Waals surface area contributed by atoms with Gasteiger partial charge in [-0.15, -0.1) is 0 Å². The van der Waals surface area contributed by atoms with Gasteiger partial charge < -0.3 is 10.5 Å². The van der Waals surface area contributed by atoms with Gasteiger partial charge in [-0.1, -0.05) is 65.0 Å². The molecule has 1 aromatic carbocycles. The summed E-state index contributed by atoms with van der Waals surface area (Å²) in [7, 11) is 1.45. The highest BCUT2D eigenvalue weighted by Crippen LogP contribution is 2.76. The molecule has 1 unspecified atom stereocenters. The highest BCUT2D eigenvalue weighted by atomic mass is 16.5. The van der Waals surface area contributed by atoms with Crippen molar-refractivity contribution in [2.45, 2.75) is 99.0 Å². The van der Waals surface area contributed by atoms with E-state index < -0.39 is 0 Å². The van der Waals surface area contributed by atoms with E-state index >= 15 is 0 Å². The van der Waals surface area contributed by atoms with Gasteiger partial charge in [-0.05, 0) is 139 Å². The molecule has 218 valence electrons. The number of nitrogens with two attached hydrogens (primary N) is 1. The molecule has 1 aromatic rings. The molecule has 0 spiro atoms. The maximum Gasteiger partial charge on any atom is 0.337 e. The monoisotopic (exact) mass is 543 g/mol. The molecule has 0 heterocycles. The van der Waals surface area contributed by atoms with Crippen LogP contribution >= 0.6 is 0 Å². The largest absolute Gasteiger partial charge is 0.465 e. The number of carbonyl (C=O) groups is 1. The van der Waals surface area contributed by atoms with Crippen LogP contribution in [-0.4, -0.2) is 19.1 Å². The van der Waals surface area contributed by atoms with Crippen molar-refractivity contribution in [1.82, 2.24) is 0 Å². The number of allylic oxidation sites excluding steroid dienone is 3. The van der Waals surface area contributed by atoms with Crippen molar-refractivity contribution < 1.29 is 9.53 Å². The molecule has 10 atom stereocenters. The Hall–Kier alpha value is -1.87. The first kappa shape index (κ1) is 28.3. The third-order valence-electron chi connectivity index (χ3n) is 14.3. The van der Waals surface area contributed by atoms with E-state index in [0.717, 1.165) is 30.6 Å². The number of hydrogen-bond donors (Lipinski definition) is 1. The molecule has 0 aliphatic heterocycles. The van der Waals surface area contributed by atoms with Crippen molar-refractivity contribution in [3.8, 4) is 0 Å². The van der Waals surface area contributed by atoms with Gasteiger partial charge in [-0.2, -0.15) is 0 Å². The molecule has 40 heavy (non-hydrogen) atoms. The molecule has 0 amide bonds. The maximum absolute atomic E-state index is 12.0. The minimum Gasteiger partial charge on any atom is -0.465 e. The van der Waals surface area contributed by atoms with Gasteiger partial charge in [0, 0.05) is 6.04 Å². The van der Waals surface area contributed by atoms with Crippen LogP contribution in [0.2, 0.25) is 0 Å². The second-order valence-electron chi connectivity index (χ2n) is 15.9. The molecular formula is C37H53NO2. The van der Waals surface area contributed by atoms with Crippen molar-refractivity contribution >= 4 is 11.5 Å². The van der Waals surface area contributed by atoms with Crippen molar-refractivity contribution in [3.63, 3.8) is 0 Å². The van der Waals surface area contributed by atoms with Gasteiger partial charge in [-0.3, -0.25) is 0 Å². The Morgan fingerprint density at radius 1 is 0.950 bits per heavy atom. The lowest BCUT2D eigenvalue weighted by molar-refractivity contribution is -0.215. The third kappa shape index (κ3) is 3.68. The van der Waals surface area contributed by atoms with Crippen LogP contribution < -0.4 is 5.73 Å². The fraction of sp³-hybridized carbons (Fsp3) is 0.703. The summed E-state index contributed by atoms with van der Waals surface area (Å²) in [5, 5.41) is 0. The van der Waals surface area contributed by atoms with Gasteiger partial charge in [-0.25, -0.2) is 4.79 Å². The molecule has 3 nitrogen and oxygen atoms in total. The Kier molecular flexibility index (Phi) is 6.58. The van der Waals surface area contributed by atoms with E-state index in [-0.39, 0.29) is 11.4 Å². The van der Waals surface area contributed by atoms with E-state index in [1.807, 2.05) is 12.1 Å². The molecule has 6 rings (SSSR count). The van der Waals surface area contributed by atoms with E-state index in [9.17, 15) is 4.79 Å². The maximum atomic E-state index is 12.0. The summed E-state index contributed by atoms with van der Waals surface area (Å²) in [6, 6.07) is 8.47. The molecule has 2 N–H and O–H groups in total. The number of fused-ring (bicyclic) bond motifs is 7. The van der Waals surface area contributed by atoms with E-state index in [0.29, 0.717) is 45.6 Å². The van der Waals surface area contributed by atoms with Crippen LogP contribution in [0.4, 0.5) is 0 Å². The normalized spacial score (nSPS) is 45.3. The Balaban J connectivity index is 1.34. The van der Waals surface area contributed by atoms with Crippen LogP contribution in [0.1, 0.15) is 109 Å². The molecule has 3 heteroatoms. The van der Waals surface area contributed by atoms with Gasteiger partial charge in [0.15, 0.2) is 0 Å².